The Bertz CT molecular complexity index is 720. The standard InChI is InChI=1S/C12H13ClN4O4/c1-12(2,3)21-11(19)17-8-6(14-5-15-9(8)13)7(16-17)10(18)20-4/h5H,1-4H3. The van der Waals surface area contributed by atoms with E-state index in [-0.39, 0.29) is 21.9 Å². The van der Waals surface area contributed by atoms with Gasteiger partial charge in [0.2, 0.25) is 0 Å². The molecule has 8 nitrogen and oxygen atoms in total. The molecule has 0 aromatic carbocycles. The summed E-state index contributed by atoms with van der Waals surface area (Å²) in [5.74, 6) is -0.739. The van der Waals surface area contributed by atoms with Gasteiger partial charge in [0.25, 0.3) is 0 Å². The zero-order valence-electron chi connectivity index (χ0n) is 11.9. The normalized spacial score (nSPS) is 11.5. The van der Waals surface area contributed by atoms with Gasteiger partial charge in [-0.05, 0) is 20.8 Å². The Morgan fingerprint density at radius 2 is 1.95 bits per heavy atom. The highest BCUT2D eigenvalue weighted by Crippen LogP contribution is 2.23. The molecular weight excluding hydrogens is 300 g/mol. The van der Waals surface area contributed by atoms with Gasteiger partial charge in [-0.15, -0.1) is 0 Å². The van der Waals surface area contributed by atoms with Crippen LogP contribution in [0.3, 0.4) is 0 Å². The highest BCUT2D eigenvalue weighted by molar-refractivity contribution is 6.34. The van der Waals surface area contributed by atoms with E-state index in [1.807, 2.05) is 0 Å². The molecule has 0 bridgehead atoms. The second kappa shape index (κ2) is 5.28. The van der Waals surface area contributed by atoms with Crippen LogP contribution in [0.25, 0.3) is 11.0 Å². The van der Waals surface area contributed by atoms with Crippen molar-refractivity contribution in [3.63, 3.8) is 0 Å². The number of halogens is 1. The van der Waals surface area contributed by atoms with E-state index in [1.54, 1.807) is 20.8 Å². The first-order valence-corrected chi connectivity index (χ1v) is 6.33. The lowest BCUT2D eigenvalue weighted by Gasteiger charge is -2.19. The molecule has 0 aliphatic rings. The molecule has 0 fully saturated rings. The van der Waals surface area contributed by atoms with E-state index >= 15 is 0 Å². The SMILES string of the molecule is COC(=O)c1nn(C(=O)OC(C)(C)C)c2c(Cl)ncnc12. The molecule has 9 heteroatoms. The van der Waals surface area contributed by atoms with Crippen molar-refractivity contribution in [1.82, 2.24) is 19.7 Å². The molecule has 0 unspecified atom stereocenters. The van der Waals surface area contributed by atoms with Crippen LogP contribution in [0, 0.1) is 0 Å². The van der Waals surface area contributed by atoms with Gasteiger partial charge in [-0.1, -0.05) is 11.6 Å². The summed E-state index contributed by atoms with van der Waals surface area (Å²) in [7, 11) is 1.20. The van der Waals surface area contributed by atoms with Crippen LogP contribution in [0.4, 0.5) is 4.79 Å². The molecule has 0 aliphatic carbocycles. The first-order chi connectivity index (χ1) is 9.74. The summed E-state index contributed by atoms with van der Waals surface area (Å²) in [5.41, 5.74) is -0.660. The van der Waals surface area contributed by atoms with Gasteiger partial charge in [-0.2, -0.15) is 9.78 Å². The molecule has 0 radical (unpaired) electrons. The maximum Gasteiger partial charge on any atom is 0.435 e. The van der Waals surface area contributed by atoms with Gasteiger partial charge in [0.15, 0.2) is 10.8 Å². The van der Waals surface area contributed by atoms with Crippen LogP contribution in [0.5, 0.6) is 0 Å². The second-order valence-electron chi connectivity index (χ2n) is 5.09. The molecule has 0 spiro atoms. The second-order valence-corrected chi connectivity index (χ2v) is 5.45. The van der Waals surface area contributed by atoms with Crippen molar-refractivity contribution in [2.75, 3.05) is 7.11 Å². The van der Waals surface area contributed by atoms with Gasteiger partial charge < -0.3 is 9.47 Å². The van der Waals surface area contributed by atoms with E-state index in [2.05, 4.69) is 19.8 Å². The summed E-state index contributed by atoms with van der Waals surface area (Å²) in [6.45, 7) is 5.11. The first-order valence-electron chi connectivity index (χ1n) is 5.95. The molecule has 0 saturated heterocycles. The summed E-state index contributed by atoms with van der Waals surface area (Å²) < 4.78 is 10.7. The van der Waals surface area contributed by atoms with E-state index in [1.165, 1.54) is 7.11 Å². The number of nitrogens with zero attached hydrogens (tertiary/aromatic N) is 4. The van der Waals surface area contributed by atoms with Crippen LogP contribution < -0.4 is 0 Å². The van der Waals surface area contributed by atoms with Gasteiger partial charge in [0.1, 0.15) is 23.0 Å². The van der Waals surface area contributed by atoms with E-state index in [4.69, 9.17) is 16.3 Å². The minimum Gasteiger partial charge on any atom is -0.464 e. The van der Waals surface area contributed by atoms with Crippen LogP contribution in [-0.4, -0.2) is 44.5 Å². The van der Waals surface area contributed by atoms with Gasteiger partial charge in [0, 0.05) is 0 Å². The molecule has 112 valence electrons. The molecule has 0 aliphatic heterocycles. The number of hydrogen-bond donors (Lipinski definition) is 0. The van der Waals surface area contributed by atoms with Crippen LogP contribution >= 0.6 is 11.6 Å². The van der Waals surface area contributed by atoms with Crippen molar-refractivity contribution in [2.24, 2.45) is 0 Å². The molecule has 2 aromatic rings. The number of methoxy groups -OCH3 is 1. The molecule has 0 atom stereocenters. The number of hydrogen-bond acceptors (Lipinski definition) is 7. The van der Waals surface area contributed by atoms with E-state index in [0.29, 0.717) is 0 Å². The molecule has 2 rings (SSSR count). The molecule has 2 heterocycles. The maximum absolute atomic E-state index is 12.2. The quantitative estimate of drug-likeness (QED) is 0.587. The van der Waals surface area contributed by atoms with Crippen molar-refractivity contribution in [3.05, 3.63) is 17.2 Å². The Morgan fingerprint density at radius 1 is 1.29 bits per heavy atom. The minimum absolute atomic E-state index is 0.0199. The van der Waals surface area contributed by atoms with E-state index in [0.717, 1.165) is 11.0 Å². The average molecular weight is 313 g/mol. The predicted molar refractivity (Wildman–Crippen MR) is 73.3 cm³/mol. The molecule has 0 N–H and O–H groups in total. The monoisotopic (exact) mass is 312 g/mol. The van der Waals surface area contributed by atoms with Crippen molar-refractivity contribution in [1.29, 1.82) is 0 Å². The summed E-state index contributed by atoms with van der Waals surface area (Å²) >= 11 is 5.97. The van der Waals surface area contributed by atoms with Crippen LogP contribution in [0.15, 0.2) is 6.33 Å². The Morgan fingerprint density at radius 3 is 2.52 bits per heavy atom. The number of carbonyl (C=O) groups is 2. The van der Waals surface area contributed by atoms with Crippen molar-refractivity contribution in [3.8, 4) is 0 Å². The lowest BCUT2D eigenvalue weighted by Crippen LogP contribution is -2.28. The fourth-order valence-corrected chi connectivity index (χ4v) is 1.80. The number of aromatic nitrogens is 4. The van der Waals surface area contributed by atoms with Crippen LogP contribution in [0.1, 0.15) is 31.3 Å². The summed E-state index contributed by atoms with van der Waals surface area (Å²) in [6.07, 6.45) is 0.373. The van der Waals surface area contributed by atoms with Crippen LogP contribution in [0.2, 0.25) is 5.15 Å². The average Bonchev–Trinajstić information content (AvgIpc) is 2.77. The summed E-state index contributed by atoms with van der Waals surface area (Å²) in [5, 5.41) is 3.87. The molecule has 0 amide bonds. The van der Waals surface area contributed by atoms with Gasteiger partial charge in [0.05, 0.1) is 7.11 Å². The molecule has 0 saturated carbocycles. The lowest BCUT2D eigenvalue weighted by atomic mass is 10.2. The van der Waals surface area contributed by atoms with Gasteiger partial charge in [-0.25, -0.2) is 19.6 Å². The Hall–Kier alpha value is -2.22. The number of ether oxygens (including phenoxy) is 2. The Kier molecular flexibility index (Phi) is 3.82. The van der Waals surface area contributed by atoms with Crippen LogP contribution in [-0.2, 0) is 9.47 Å². The lowest BCUT2D eigenvalue weighted by molar-refractivity contribution is 0.0519. The largest absolute Gasteiger partial charge is 0.464 e. The number of rotatable bonds is 1. The highest BCUT2D eigenvalue weighted by Gasteiger charge is 2.27. The highest BCUT2D eigenvalue weighted by atomic mass is 35.5. The van der Waals surface area contributed by atoms with Crippen molar-refractivity contribution >= 4 is 34.7 Å². The molecular formula is C12H13ClN4O4. The molecule has 21 heavy (non-hydrogen) atoms. The zero-order chi connectivity index (χ0) is 15.8. The van der Waals surface area contributed by atoms with Gasteiger partial charge in [-0.3, -0.25) is 0 Å². The minimum atomic E-state index is -0.792. The summed E-state index contributed by atoms with van der Waals surface area (Å²) in [6, 6.07) is 0. The topological polar surface area (TPSA) is 96.2 Å². The molecule has 2 aromatic heterocycles. The fraction of sp³-hybridized carbons (Fsp3) is 0.417. The number of esters is 1. The fourth-order valence-electron chi connectivity index (χ4n) is 1.59. The Labute approximate surface area is 125 Å². The van der Waals surface area contributed by atoms with E-state index in [9.17, 15) is 9.59 Å². The smallest absolute Gasteiger partial charge is 0.435 e. The number of fused-ring (bicyclic) bond motifs is 1. The zero-order valence-corrected chi connectivity index (χ0v) is 12.6. The predicted octanol–water partition coefficient (Wildman–Crippen LogP) is 2.05. The number of carbonyl (C=O) groups excluding carboxylic acids is 2. The third-order valence-corrected chi connectivity index (χ3v) is 2.64. The third kappa shape index (κ3) is 2.94. The first kappa shape index (κ1) is 15.2. The van der Waals surface area contributed by atoms with Gasteiger partial charge >= 0.3 is 12.1 Å². The Balaban J connectivity index is 2.64. The third-order valence-electron chi connectivity index (χ3n) is 2.36. The van der Waals surface area contributed by atoms with Crippen molar-refractivity contribution in [2.45, 2.75) is 26.4 Å². The van der Waals surface area contributed by atoms with E-state index < -0.39 is 17.7 Å². The van der Waals surface area contributed by atoms with Crippen molar-refractivity contribution < 1.29 is 19.1 Å². The summed E-state index contributed by atoms with van der Waals surface area (Å²) in [4.78, 5) is 31.6. The maximum atomic E-state index is 12.2.